The number of rotatable bonds is 0. The highest BCUT2D eigenvalue weighted by atomic mass is 32.1. The van der Waals surface area contributed by atoms with Crippen LogP contribution in [0, 0.1) is 0 Å². The molecule has 0 saturated carbocycles. The molecular formula is C15H12N2S. The number of para-hydroxylation sites is 3. The summed E-state index contributed by atoms with van der Waals surface area (Å²) in [6, 6.07) is 14.8. The summed E-state index contributed by atoms with van der Waals surface area (Å²) in [6.07, 6.45) is 1.10. The molecule has 88 valence electrons. The Bertz CT molecular complexity index is 663. The third kappa shape index (κ3) is 1.25. The first-order valence-electron chi connectivity index (χ1n) is 6.14. The van der Waals surface area contributed by atoms with Crippen LogP contribution in [-0.4, -0.2) is 11.5 Å². The van der Waals surface area contributed by atoms with Crippen molar-refractivity contribution in [2.45, 2.75) is 6.42 Å². The van der Waals surface area contributed by atoms with E-state index in [0.29, 0.717) is 0 Å². The molecule has 4 rings (SSSR count). The number of nitrogens with zero attached hydrogens (tertiary/aromatic N) is 1. The van der Waals surface area contributed by atoms with E-state index in [1.165, 1.54) is 16.9 Å². The summed E-state index contributed by atoms with van der Waals surface area (Å²) >= 11 is 5.53. The van der Waals surface area contributed by atoms with Gasteiger partial charge in [-0.25, -0.2) is 0 Å². The van der Waals surface area contributed by atoms with Crippen molar-refractivity contribution < 1.29 is 0 Å². The second kappa shape index (κ2) is 3.56. The first-order chi connectivity index (χ1) is 8.84. The molecule has 0 radical (unpaired) electrons. The quantitative estimate of drug-likeness (QED) is 0.723. The molecule has 2 nitrogen and oxygen atoms in total. The zero-order valence-electron chi connectivity index (χ0n) is 9.81. The lowest BCUT2D eigenvalue weighted by Gasteiger charge is -2.20. The van der Waals surface area contributed by atoms with E-state index in [2.05, 4.69) is 46.6 Å². The SMILES string of the molecule is S=C1Nc2ccccc2N2CCc3cccc1c32. The van der Waals surface area contributed by atoms with Gasteiger partial charge >= 0.3 is 0 Å². The number of hydrogen-bond donors (Lipinski definition) is 1. The molecule has 2 heterocycles. The molecule has 0 amide bonds. The van der Waals surface area contributed by atoms with Crippen LogP contribution in [0.4, 0.5) is 17.1 Å². The summed E-state index contributed by atoms with van der Waals surface area (Å²) < 4.78 is 0. The Hall–Kier alpha value is -1.87. The molecule has 0 fully saturated rings. The summed E-state index contributed by atoms with van der Waals surface area (Å²) in [6.45, 7) is 1.04. The molecule has 0 saturated heterocycles. The Morgan fingerprint density at radius 2 is 1.94 bits per heavy atom. The first-order valence-corrected chi connectivity index (χ1v) is 6.55. The average Bonchev–Trinajstić information content (AvgIpc) is 2.77. The number of fused-ring (bicyclic) bond motifs is 2. The maximum absolute atomic E-state index is 5.53. The largest absolute Gasteiger partial charge is 0.344 e. The second-order valence-electron chi connectivity index (χ2n) is 4.69. The van der Waals surface area contributed by atoms with Crippen molar-refractivity contribution in [3.8, 4) is 0 Å². The van der Waals surface area contributed by atoms with Gasteiger partial charge in [-0.3, -0.25) is 0 Å². The lowest BCUT2D eigenvalue weighted by molar-refractivity contribution is 1.00. The van der Waals surface area contributed by atoms with E-state index in [1.54, 1.807) is 0 Å². The van der Waals surface area contributed by atoms with E-state index in [4.69, 9.17) is 12.2 Å². The average molecular weight is 252 g/mol. The number of thiocarbonyl (C=S) groups is 1. The van der Waals surface area contributed by atoms with E-state index in [-0.39, 0.29) is 0 Å². The van der Waals surface area contributed by atoms with Crippen LogP contribution in [0.3, 0.4) is 0 Å². The number of hydrogen-bond acceptors (Lipinski definition) is 2. The van der Waals surface area contributed by atoms with Crippen LogP contribution >= 0.6 is 12.2 Å². The lowest BCUT2D eigenvalue weighted by Crippen LogP contribution is -2.13. The van der Waals surface area contributed by atoms with Gasteiger partial charge in [0.2, 0.25) is 0 Å². The lowest BCUT2D eigenvalue weighted by atomic mass is 10.1. The summed E-state index contributed by atoms with van der Waals surface area (Å²) in [5.41, 5.74) is 6.17. The smallest absolute Gasteiger partial charge is 0.113 e. The topological polar surface area (TPSA) is 15.3 Å². The summed E-state index contributed by atoms with van der Waals surface area (Å²) in [5.74, 6) is 0. The van der Waals surface area contributed by atoms with E-state index < -0.39 is 0 Å². The van der Waals surface area contributed by atoms with Crippen molar-refractivity contribution in [3.05, 3.63) is 53.6 Å². The van der Waals surface area contributed by atoms with Crippen molar-refractivity contribution in [1.29, 1.82) is 0 Å². The second-order valence-corrected chi connectivity index (χ2v) is 5.09. The van der Waals surface area contributed by atoms with Crippen molar-refractivity contribution in [1.82, 2.24) is 0 Å². The predicted octanol–water partition coefficient (Wildman–Crippen LogP) is 3.48. The Kier molecular flexibility index (Phi) is 2.00. The van der Waals surface area contributed by atoms with E-state index >= 15 is 0 Å². The summed E-state index contributed by atoms with van der Waals surface area (Å²) in [7, 11) is 0. The molecule has 2 aliphatic heterocycles. The third-order valence-corrected chi connectivity index (χ3v) is 4.00. The summed E-state index contributed by atoms with van der Waals surface area (Å²) in [4.78, 5) is 3.20. The Balaban J connectivity index is 2.05. The number of benzene rings is 2. The maximum atomic E-state index is 5.53. The molecule has 2 aliphatic rings. The fourth-order valence-electron chi connectivity index (χ4n) is 2.88. The molecule has 2 aromatic rings. The summed E-state index contributed by atoms with van der Waals surface area (Å²) in [5, 5.41) is 3.36. The molecule has 0 aromatic heterocycles. The zero-order chi connectivity index (χ0) is 12.1. The van der Waals surface area contributed by atoms with Crippen molar-refractivity contribution in [2.24, 2.45) is 0 Å². The van der Waals surface area contributed by atoms with Crippen LogP contribution < -0.4 is 10.2 Å². The minimum Gasteiger partial charge on any atom is -0.344 e. The Labute approximate surface area is 111 Å². The molecule has 1 N–H and O–H groups in total. The molecule has 2 aromatic carbocycles. The van der Waals surface area contributed by atoms with E-state index in [1.807, 2.05) is 6.07 Å². The standard InChI is InChI=1S/C15H12N2S/c18-15-11-5-3-4-10-8-9-17(14(10)11)13-7-2-1-6-12(13)16-15/h1-7H,8-9H2,(H,16,18). The normalized spacial score (nSPS) is 15.8. The Morgan fingerprint density at radius 1 is 1.06 bits per heavy atom. The van der Waals surface area contributed by atoms with Gasteiger partial charge in [0, 0.05) is 12.1 Å². The van der Waals surface area contributed by atoms with Crippen molar-refractivity contribution in [3.63, 3.8) is 0 Å². The van der Waals surface area contributed by atoms with Gasteiger partial charge in [-0.1, -0.05) is 36.5 Å². The number of nitrogens with one attached hydrogen (secondary N) is 1. The van der Waals surface area contributed by atoms with E-state index in [0.717, 1.165) is 29.2 Å². The zero-order valence-corrected chi connectivity index (χ0v) is 10.6. The van der Waals surface area contributed by atoms with Gasteiger partial charge in [-0.2, -0.15) is 0 Å². The van der Waals surface area contributed by atoms with Crippen LogP contribution in [0.2, 0.25) is 0 Å². The molecule has 0 spiro atoms. The highest BCUT2D eigenvalue weighted by Gasteiger charge is 2.29. The van der Waals surface area contributed by atoms with Crippen LogP contribution in [0.1, 0.15) is 11.1 Å². The highest BCUT2D eigenvalue weighted by Crippen LogP contribution is 2.43. The van der Waals surface area contributed by atoms with Gasteiger partial charge in [0.25, 0.3) is 0 Å². The maximum Gasteiger partial charge on any atom is 0.113 e. The molecule has 18 heavy (non-hydrogen) atoms. The van der Waals surface area contributed by atoms with Gasteiger partial charge in [0.15, 0.2) is 0 Å². The fourth-order valence-corrected chi connectivity index (χ4v) is 3.16. The van der Waals surface area contributed by atoms with Gasteiger partial charge < -0.3 is 10.2 Å². The molecule has 0 bridgehead atoms. The third-order valence-electron chi connectivity index (χ3n) is 3.68. The van der Waals surface area contributed by atoms with Gasteiger partial charge in [0.1, 0.15) is 4.99 Å². The monoisotopic (exact) mass is 252 g/mol. The first kappa shape index (κ1) is 10.1. The van der Waals surface area contributed by atoms with Gasteiger partial charge in [0.05, 0.1) is 17.1 Å². The van der Waals surface area contributed by atoms with Crippen molar-refractivity contribution >= 4 is 34.3 Å². The van der Waals surface area contributed by atoms with Crippen LogP contribution in [0.25, 0.3) is 0 Å². The Morgan fingerprint density at radius 3 is 2.89 bits per heavy atom. The van der Waals surface area contributed by atoms with Gasteiger partial charge in [-0.05, 0) is 30.2 Å². The van der Waals surface area contributed by atoms with Crippen molar-refractivity contribution in [2.75, 3.05) is 16.8 Å². The predicted molar refractivity (Wildman–Crippen MR) is 78.9 cm³/mol. The van der Waals surface area contributed by atoms with Crippen LogP contribution in [0.15, 0.2) is 42.5 Å². The highest BCUT2D eigenvalue weighted by molar-refractivity contribution is 7.81. The minimum atomic E-state index is 0.823. The molecule has 3 heteroatoms. The fraction of sp³-hybridized carbons (Fsp3) is 0.133. The van der Waals surface area contributed by atoms with Crippen LogP contribution in [0.5, 0.6) is 0 Å². The molecule has 0 aliphatic carbocycles. The van der Waals surface area contributed by atoms with E-state index in [9.17, 15) is 0 Å². The minimum absolute atomic E-state index is 0.823. The molecule has 0 atom stereocenters. The molecular weight excluding hydrogens is 240 g/mol. The molecule has 0 unspecified atom stereocenters. The number of anilines is 3. The van der Waals surface area contributed by atoms with Gasteiger partial charge in [-0.15, -0.1) is 0 Å². The van der Waals surface area contributed by atoms with Crippen LogP contribution in [-0.2, 0) is 6.42 Å².